The lowest BCUT2D eigenvalue weighted by molar-refractivity contribution is -0.147. The molecule has 1 fully saturated rings. The maximum absolute atomic E-state index is 14.6. The molecular weight excluding hydrogens is 476 g/mol. The van der Waals surface area contributed by atoms with Crippen molar-refractivity contribution in [2.75, 3.05) is 0 Å². The third-order valence-corrected chi connectivity index (χ3v) is 6.26. The molecule has 7 nitrogen and oxygen atoms in total. The molecule has 1 unspecified atom stereocenters. The normalized spacial score (nSPS) is 19.3. The van der Waals surface area contributed by atoms with Crippen LogP contribution in [-0.4, -0.2) is 58.1 Å². The van der Waals surface area contributed by atoms with Crippen molar-refractivity contribution in [3.63, 3.8) is 0 Å². The number of amides is 4. The minimum absolute atomic E-state index is 0.00609. The number of hydrogen-bond donors (Lipinski definition) is 2. The Morgan fingerprint density at radius 3 is 2.49 bits per heavy atom. The molecule has 1 atom stereocenters. The van der Waals surface area contributed by atoms with Gasteiger partial charge in [-0.15, -0.1) is 0 Å². The Morgan fingerprint density at radius 1 is 1.20 bits per heavy atom. The van der Waals surface area contributed by atoms with Crippen LogP contribution < -0.4 is 16.1 Å². The smallest absolute Gasteiger partial charge is 0.346 e. The van der Waals surface area contributed by atoms with Crippen LogP contribution in [0.25, 0.3) is 0 Å². The Hall–Kier alpha value is -3.14. The van der Waals surface area contributed by atoms with Gasteiger partial charge in [0.2, 0.25) is 11.8 Å². The van der Waals surface area contributed by atoms with Crippen LogP contribution in [0.15, 0.2) is 36.4 Å². The summed E-state index contributed by atoms with van der Waals surface area (Å²) in [5.41, 5.74) is -0.223. The second-order valence-corrected chi connectivity index (χ2v) is 8.76. The summed E-state index contributed by atoms with van der Waals surface area (Å²) in [7, 11) is 18.5. The number of fused-ring (bicyclic) bond motifs is 1. The first-order valence-corrected chi connectivity index (χ1v) is 10.8. The zero-order valence-electron chi connectivity index (χ0n) is 18.1. The van der Waals surface area contributed by atoms with E-state index in [0.717, 1.165) is 17.0 Å². The van der Waals surface area contributed by atoms with Gasteiger partial charge in [0.05, 0.1) is 15.7 Å². The third kappa shape index (κ3) is 4.35. The molecule has 0 bridgehead atoms. The number of imide groups is 1. The second-order valence-electron chi connectivity index (χ2n) is 8.33. The van der Waals surface area contributed by atoms with Crippen molar-refractivity contribution < 1.29 is 28.0 Å². The molecule has 2 aliphatic rings. The van der Waals surface area contributed by atoms with E-state index in [0.29, 0.717) is 0 Å². The fourth-order valence-corrected chi connectivity index (χ4v) is 4.28. The van der Waals surface area contributed by atoms with E-state index in [1.54, 1.807) is 0 Å². The number of nitrogens with one attached hydrogen (secondary N) is 2. The van der Waals surface area contributed by atoms with Gasteiger partial charge in [-0.1, -0.05) is 41.3 Å². The monoisotopic (exact) mass is 491 g/mol. The highest BCUT2D eigenvalue weighted by atomic mass is 35.5. The molecule has 35 heavy (non-hydrogen) atoms. The third-order valence-electron chi connectivity index (χ3n) is 6.01. The lowest BCUT2D eigenvalue weighted by Gasteiger charge is -2.40. The number of hydrogen-bond acceptors (Lipinski definition) is 4. The number of piperidine rings is 1. The van der Waals surface area contributed by atoms with E-state index in [-0.39, 0.29) is 40.0 Å². The summed E-state index contributed by atoms with van der Waals surface area (Å²) < 4.78 is 29.1. The summed E-state index contributed by atoms with van der Waals surface area (Å²) in [5, 5.41) is 2.56. The quantitative estimate of drug-likeness (QED) is 0.463. The number of nitrogens with zero attached hydrogens (tertiary/aromatic N) is 1. The van der Waals surface area contributed by atoms with Gasteiger partial charge in [-0.2, -0.15) is 8.78 Å². The molecule has 0 aromatic heterocycles. The van der Waals surface area contributed by atoms with Gasteiger partial charge in [-0.25, -0.2) is 0 Å². The van der Waals surface area contributed by atoms with Crippen LogP contribution >= 0.6 is 11.6 Å². The average Bonchev–Trinajstić information content (AvgIpc) is 2.97. The Labute approximate surface area is 208 Å². The molecule has 6 radical (unpaired) electrons. The van der Waals surface area contributed by atoms with E-state index in [9.17, 15) is 28.0 Å². The Balaban J connectivity index is 1.57. The molecule has 1 saturated heterocycles. The van der Waals surface area contributed by atoms with Crippen LogP contribution in [0.5, 0.6) is 0 Å². The van der Waals surface area contributed by atoms with Crippen molar-refractivity contribution in [2.45, 2.75) is 36.7 Å². The maximum atomic E-state index is 14.6. The Kier molecular flexibility index (Phi) is 6.29. The topological polar surface area (TPSA) is 95.6 Å². The zero-order chi connectivity index (χ0) is 25.7. The van der Waals surface area contributed by atoms with E-state index in [1.807, 2.05) is 0 Å². The molecule has 4 rings (SSSR count). The standard InChI is InChI=1S/C22H15B3ClF2N3O4/c23-15-8-13-14(22(24,25)31(19(13)34)16-5-6-17(32)30-18(16)33)7-10(15)9-29-20(35)21(27,28)11-1-3-12(26)4-2-11/h1-4,7-8,16H,5-6,9H2,(H,29,35)(H,30,32,33). The fourth-order valence-electron chi connectivity index (χ4n) is 4.15. The molecule has 2 N–H and O–H groups in total. The molecule has 172 valence electrons. The van der Waals surface area contributed by atoms with Gasteiger partial charge in [-0.05, 0) is 35.0 Å². The summed E-state index contributed by atoms with van der Waals surface area (Å²) in [6.07, 6.45) is 0.0204. The summed E-state index contributed by atoms with van der Waals surface area (Å²) in [6, 6.07) is 6.06. The Morgan fingerprint density at radius 2 is 1.86 bits per heavy atom. The number of alkyl halides is 2. The highest BCUT2D eigenvalue weighted by Gasteiger charge is 2.48. The van der Waals surface area contributed by atoms with Crippen LogP contribution in [0.4, 0.5) is 8.78 Å². The summed E-state index contributed by atoms with van der Waals surface area (Å²) in [6.45, 7) is -0.413. The van der Waals surface area contributed by atoms with Gasteiger partial charge in [0.25, 0.3) is 11.8 Å². The molecule has 4 amide bonds. The lowest BCUT2D eigenvalue weighted by Crippen LogP contribution is -2.59. The molecule has 0 aliphatic carbocycles. The van der Waals surface area contributed by atoms with Gasteiger partial charge in [0, 0.05) is 29.1 Å². The van der Waals surface area contributed by atoms with Crippen molar-refractivity contribution >= 4 is 64.2 Å². The van der Waals surface area contributed by atoms with E-state index in [4.69, 9.17) is 35.1 Å². The van der Waals surface area contributed by atoms with Gasteiger partial charge in [-0.3, -0.25) is 24.5 Å². The van der Waals surface area contributed by atoms with Crippen LogP contribution in [0.3, 0.4) is 0 Å². The van der Waals surface area contributed by atoms with Crippen molar-refractivity contribution in [3.8, 4) is 0 Å². The molecule has 2 heterocycles. The molecule has 0 saturated carbocycles. The summed E-state index contributed by atoms with van der Waals surface area (Å²) in [5.74, 6) is -7.29. The van der Waals surface area contributed by atoms with Crippen molar-refractivity contribution in [1.82, 2.24) is 15.5 Å². The zero-order valence-corrected chi connectivity index (χ0v) is 18.9. The SMILES string of the molecule is [B]c1cc2c(cc1CNC(=O)C(F)(F)c1ccc(Cl)cc1)C([B])([B])N(C1CCC(=O)NC1=O)C2=O. The second kappa shape index (κ2) is 8.82. The molecule has 0 spiro atoms. The van der Waals surface area contributed by atoms with E-state index < -0.39 is 53.0 Å². The van der Waals surface area contributed by atoms with Crippen molar-refractivity contribution in [3.05, 3.63) is 63.7 Å². The first kappa shape index (κ1) is 25.0. The van der Waals surface area contributed by atoms with Crippen LogP contribution in [0, 0.1) is 0 Å². The van der Waals surface area contributed by atoms with Crippen LogP contribution in [0.2, 0.25) is 5.02 Å². The van der Waals surface area contributed by atoms with Crippen LogP contribution in [-0.2, 0) is 32.2 Å². The predicted octanol–water partition coefficient (Wildman–Crippen LogP) is 0.250. The number of carbonyl (C=O) groups is 4. The van der Waals surface area contributed by atoms with Crippen LogP contribution in [0.1, 0.15) is 39.9 Å². The number of halogens is 3. The highest BCUT2D eigenvalue weighted by Crippen LogP contribution is 2.38. The number of rotatable bonds is 5. The maximum Gasteiger partial charge on any atom is 0.349 e. The van der Waals surface area contributed by atoms with E-state index in [2.05, 4.69) is 10.6 Å². The molecule has 2 aromatic rings. The van der Waals surface area contributed by atoms with Crippen molar-refractivity contribution in [2.24, 2.45) is 0 Å². The molecular formula is C22H15B3ClF2N3O4. The highest BCUT2D eigenvalue weighted by molar-refractivity contribution is 6.43. The first-order valence-electron chi connectivity index (χ1n) is 10.4. The van der Waals surface area contributed by atoms with Crippen molar-refractivity contribution in [1.29, 1.82) is 0 Å². The van der Waals surface area contributed by atoms with E-state index >= 15 is 0 Å². The average molecular weight is 491 g/mol. The minimum Gasteiger partial charge on any atom is -0.346 e. The fraction of sp³-hybridized carbons (Fsp3) is 0.273. The number of carbonyl (C=O) groups excluding carboxylic acids is 4. The van der Waals surface area contributed by atoms with E-state index in [1.165, 1.54) is 24.3 Å². The van der Waals surface area contributed by atoms with Gasteiger partial charge in [0.15, 0.2) is 0 Å². The molecule has 13 heteroatoms. The van der Waals surface area contributed by atoms with Gasteiger partial charge in [0.1, 0.15) is 13.9 Å². The van der Waals surface area contributed by atoms with Gasteiger partial charge >= 0.3 is 5.92 Å². The molecule has 2 aliphatic heterocycles. The summed E-state index contributed by atoms with van der Waals surface area (Å²) in [4.78, 5) is 50.1. The van der Waals surface area contributed by atoms with Gasteiger partial charge < -0.3 is 10.2 Å². The molecule has 2 aromatic carbocycles. The first-order chi connectivity index (χ1) is 16.3. The minimum atomic E-state index is -3.85. The predicted molar refractivity (Wildman–Crippen MR) is 125 cm³/mol. The largest absolute Gasteiger partial charge is 0.349 e. The Bertz CT molecular complexity index is 1260. The lowest BCUT2D eigenvalue weighted by atomic mass is 9.57. The summed E-state index contributed by atoms with van der Waals surface area (Å²) >= 11 is 5.71. The number of benzene rings is 2.